The highest BCUT2D eigenvalue weighted by molar-refractivity contribution is 7.88. The lowest BCUT2D eigenvalue weighted by atomic mass is 10.0. The van der Waals surface area contributed by atoms with E-state index < -0.39 is 16.1 Å². The molecule has 0 aliphatic carbocycles. The molecule has 0 radical (unpaired) electrons. The molecule has 1 atom stereocenters. The third kappa shape index (κ3) is 6.70. The molecule has 0 saturated carbocycles. The molecule has 9 nitrogen and oxygen atoms in total. The first-order valence-corrected chi connectivity index (χ1v) is 14.1. The summed E-state index contributed by atoms with van der Waals surface area (Å²) in [5.74, 6) is -0.626. The van der Waals surface area contributed by atoms with Crippen molar-refractivity contribution in [3.05, 3.63) is 71.1 Å². The standard InChI is InChI=1S/C25H28N4O5S2/c1-36(32,33)28-22(25(31)29-10-12-34-13-11-29)15-17-4-6-18(7-5-17)24(30)27-21-16-19(8-9-20(21)26)23-3-2-14-35-23/h2-9,14,16,22,28H,10-13,15,26H2,1H3,(H,27,30). The second kappa shape index (κ2) is 11.2. The number of nitrogens with one attached hydrogen (secondary N) is 2. The molecule has 4 rings (SSSR count). The molecule has 190 valence electrons. The minimum absolute atomic E-state index is 0.154. The second-order valence-corrected chi connectivity index (χ2v) is 11.2. The lowest BCUT2D eigenvalue weighted by Gasteiger charge is -2.30. The highest BCUT2D eigenvalue weighted by Crippen LogP contribution is 2.30. The van der Waals surface area contributed by atoms with Crippen molar-refractivity contribution in [2.45, 2.75) is 12.5 Å². The van der Waals surface area contributed by atoms with E-state index >= 15 is 0 Å². The molecule has 2 aromatic carbocycles. The molecule has 1 aromatic heterocycles. The largest absolute Gasteiger partial charge is 0.397 e. The average Bonchev–Trinajstić information content (AvgIpc) is 3.40. The van der Waals surface area contributed by atoms with E-state index in [9.17, 15) is 18.0 Å². The molecule has 1 saturated heterocycles. The highest BCUT2D eigenvalue weighted by Gasteiger charge is 2.28. The minimum Gasteiger partial charge on any atom is -0.397 e. The van der Waals surface area contributed by atoms with Crippen LogP contribution in [0, 0.1) is 0 Å². The Bertz CT molecular complexity index is 1320. The van der Waals surface area contributed by atoms with E-state index in [0.717, 1.165) is 16.7 Å². The lowest BCUT2D eigenvalue weighted by Crippen LogP contribution is -2.52. The molecule has 1 unspecified atom stereocenters. The van der Waals surface area contributed by atoms with Gasteiger partial charge in [-0.1, -0.05) is 24.3 Å². The van der Waals surface area contributed by atoms with Crippen LogP contribution in [0.4, 0.5) is 11.4 Å². The smallest absolute Gasteiger partial charge is 0.255 e. The average molecular weight is 529 g/mol. The van der Waals surface area contributed by atoms with Crippen molar-refractivity contribution in [2.24, 2.45) is 0 Å². The Kier molecular flexibility index (Phi) is 8.04. The molecule has 36 heavy (non-hydrogen) atoms. The molecule has 4 N–H and O–H groups in total. The maximum Gasteiger partial charge on any atom is 0.255 e. The van der Waals surface area contributed by atoms with Gasteiger partial charge < -0.3 is 20.7 Å². The first-order chi connectivity index (χ1) is 17.2. The molecule has 2 amide bonds. The Morgan fingerprint density at radius 3 is 2.47 bits per heavy atom. The van der Waals surface area contributed by atoms with Crippen LogP contribution in [0.5, 0.6) is 0 Å². The Morgan fingerprint density at radius 2 is 1.83 bits per heavy atom. The monoisotopic (exact) mass is 528 g/mol. The first kappa shape index (κ1) is 25.8. The molecule has 2 heterocycles. The zero-order valence-electron chi connectivity index (χ0n) is 19.8. The highest BCUT2D eigenvalue weighted by atomic mass is 32.2. The van der Waals surface area contributed by atoms with Gasteiger partial charge in [0.25, 0.3) is 5.91 Å². The van der Waals surface area contributed by atoms with Crippen LogP contribution < -0.4 is 15.8 Å². The topological polar surface area (TPSA) is 131 Å². The van der Waals surface area contributed by atoms with Crippen molar-refractivity contribution in [3.8, 4) is 10.4 Å². The number of anilines is 2. The number of nitrogen functional groups attached to an aromatic ring is 1. The van der Waals surface area contributed by atoms with Gasteiger partial charge in [-0.2, -0.15) is 0 Å². The third-order valence-electron chi connectivity index (χ3n) is 5.74. The van der Waals surface area contributed by atoms with Crippen molar-refractivity contribution in [2.75, 3.05) is 43.6 Å². The van der Waals surface area contributed by atoms with Crippen molar-refractivity contribution in [1.82, 2.24) is 9.62 Å². The number of benzene rings is 2. The van der Waals surface area contributed by atoms with Crippen molar-refractivity contribution < 1.29 is 22.7 Å². The van der Waals surface area contributed by atoms with Crippen LogP contribution in [0.15, 0.2) is 60.0 Å². The van der Waals surface area contributed by atoms with Gasteiger partial charge in [0.1, 0.15) is 6.04 Å². The molecule has 1 aliphatic rings. The van der Waals surface area contributed by atoms with E-state index in [1.807, 2.05) is 29.6 Å². The van der Waals surface area contributed by atoms with Crippen LogP contribution in [0.1, 0.15) is 15.9 Å². The predicted octanol–water partition coefficient (Wildman–Crippen LogP) is 2.57. The number of nitrogens with zero attached hydrogens (tertiary/aromatic N) is 1. The van der Waals surface area contributed by atoms with Crippen LogP contribution in [-0.4, -0.2) is 63.7 Å². The van der Waals surface area contributed by atoms with E-state index in [0.29, 0.717) is 48.8 Å². The summed E-state index contributed by atoms with van der Waals surface area (Å²) in [4.78, 5) is 28.5. The Labute approximate surface area is 214 Å². The second-order valence-electron chi connectivity index (χ2n) is 8.51. The number of ether oxygens (including phenoxy) is 1. The van der Waals surface area contributed by atoms with Gasteiger partial charge in [0.2, 0.25) is 15.9 Å². The van der Waals surface area contributed by atoms with Gasteiger partial charge >= 0.3 is 0 Å². The fraction of sp³-hybridized carbons (Fsp3) is 0.280. The van der Waals surface area contributed by atoms with Crippen LogP contribution in [0.3, 0.4) is 0 Å². The summed E-state index contributed by atoms with van der Waals surface area (Å²) in [5, 5.41) is 4.84. The molecule has 1 aliphatic heterocycles. The summed E-state index contributed by atoms with van der Waals surface area (Å²) in [6, 6.07) is 15.2. The molecular weight excluding hydrogens is 500 g/mol. The van der Waals surface area contributed by atoms with Crippen LogP contribution in [-0.2, 0) is 26.0 Å². The fourth-order valence-electron chi connectivity index (χ4n) is 3.92. The van der Waals surface area contributed by atoms with E-state index in [1.54, 1.807) is 46.6 Å². The third-order valence-corrected chi connectivity index (χ3v) is 7.37. The van der Waals surface area contributed by atoms with Gasteiger partial charge in [-0.3, -0.25) is 9.59 Å². The molecule has 0 bridgehead atoms. The van der Waals surface area contributed by atoms with Crippen molar-refractivity contribution in [3.63, 3.8) is 0 Å². The van der Waals surface area contributed by atoms with Crippen LogP contribution in [0.25, 0.3) is 10.4 Å². The summed E-state index contributed by atoms with van der Waals surface area (Å²) in [6.07, 6.45) is 1.18. The van der Waals surface area contributed by atoms with Crippen LogP contribution in [0.2, 0.25) is 0 Å². The van der Waals surface area contributed by atoms with Gasteiger partial charge in [-0.05, 0) is 53.3 Å². The summed E-state index contributed by atoms with van der Waals surface area (Å²) in [6.45, 7) is 1.66. The number of carbonyl (C=O) groups is 2. The Balaban J connectivity index is 1.46. The Hall–Kier alpha value is -3.25. The van der Waals surface area contributed by atoms with Gasteiger partial charge in [0.15, 0.2) is 0 Å². The maximum atomic E-state index is 13.0. The first-order valence-electron chi connectivity index (χ1n) is 11.4. The number of morpholine rings is 1. The van der Waals surface area contributed by atoms with Crippen LogP contribution >= 0.6 is 11.3 Å². The van der Waals surface area contributed by atoms with Gasteiger partial charge in [-0.25, -0.2) is 13.1 Å². The van der Waals surface area contributed by atoms with E-state index in [2.05, 4.69) is 10.0 Å². The molecule has 11 heteroatoms. The molecule has 0 spiro atoms. The maximum absolute atomic E-state index is 13.0. The number of rotatable bonds is 8. The summed E-state index contributed by atoms with van der Waals surface area (Å²) in [5.41, 5.74) is 9.13. The van der Waals surface area contributed by atoms with E-state index in [-0.39, 0.29) is 18.2 Å². The number of carbonyl (C=O) groups excluding carboxylic acids is 2. The summed E-state index contributed by atoms with van der Waals surface area (Å²) >= 11 is 1.60. The normalized spacial score (nSPS) is 14.9. The number of hydrogen-bond acceptors (Lipinski definition) is 7. The summed E-state index contributed by atoms with van der Waals surface area (Å²) in [7, 11) is -3.61. The number of hydrogen-bond donors (Lipinski definition) is 3. The number of nitrogens with two attached hydrogens (primary N) is 1. The zero-order chi connectivity index (χ0) is 25.7. The van der Waals surface area contributed by atoms with E-state index in [4.69, 9.17) is 10.5 Å². The Morgan fingerprint density at radius 1 is 1.11 bits per heavy atom. The lowest BCUT2D eigenvalue weighted by molar-refractivity contribution is -0.137. The SMILES string of the molecule is CS(=O)(=O)NC(Cc1ccc(C(=O)Nc2cc(-c3cccs3)ccc2N)cc1)C(=O)N1CCOCC1. The van der Waals surface area contributed by atoms with Gasteiger partial charge in [0.05, 0.1) is 30.8 Å². The molecule has 1 fully saturated rings. The quantitative estimate of drug-likeness (QED) is 0.385. The predicted molar refractivity (Wildman–Crippen MR) is 141 cm³/mol. The van der Waals surface area contributed by atoms with E-state index in [1.165, 1.54) is 0 Å². The minimum atomic E-state index is -3.61. The molecule has 3 aromatic rings. The number of amides is 2. The number of sulfonamides is 1. The zero-order valence-corrected chi connectivity index (χ0v) is 21.4. The number of thiophene rings is 1. The van der Waals surface area contributed by atoms with Crippen molar-refractivity contribution >= 4 is 44.5 Å². The molecular formula is C25H28N4O5S2. The van der Waals surface area contributed by atoms with Gasteiger partial charge in [-0.15, -0.1) is 11.3 Å². The van der Waals surface area contributed by atoms with Crippen molar-refractivity contribution in [1.29, 1.82) is 0 Å². The fourth-order valence-corrected chi connectivity index (χ4v) is 5.35. The summed E-state index contributed by atoms with van der Waals surface area (Å²) < 4.78 is 31.5. The van der Waals surface area contributed by atoms with Gasteiger partial charge in [0, 0.05) is 23.5 Å².